The molecule has 2 aromatic rings. The zero-order chi connectivity index (χ0) is 13.0. The van der Waals surface area contributed by atoms with Gasteiger partial charge in [-0.15, -0.1) is 0 Å². The number of hydrogen-bond donors (Lipinski definition) is 1. The molecule has 0 spiro atoms. The Morgan fingerprint density at radius 3 is 2.28 bits per heavy atom. The molecule has 0 saturated heterocycles. The van der Waals surface area contributed by atoms with Crippen molar-refractivity contribution >= 4 is 10.8 Å². The highest BCUT2D eigenvalue weighted by atomic mass is 32.2. The van der Waals surface area contributed by atoms with E-state index in [0.717, 1.165) is 16.0 Å². The number of hydrogen-bond acceptors (Lipinski definition) is 2. The highest BCUT2D eigenvalue weighted by Gasteiger charge is 2.12. The van der Waals surface area contributed by atoms with E-state index in [1.54, 1.807) is 0 Å². The maximum atomic E-state index is 12.1. The van der Waals surface area contributed by atoms with Crippen LogP contribution >= 0.6 is 0 Å². The maximum absolute atomic E-state index is 12.1. The average Bonchev–Trinajstić information content (AvgIpc) is 2.40. The molecule has 0 aliphatic heterocycles. The Kier molecular flexibility index (Phi) is 4.28. The lowest BCUT2D eigenvalue weighted by molar-refractivity contribution is 0.203. The van der Waals surface area contributed by atoms with Gasteiger partial charge in [0, 0.05) is 4.90 Å². The van der Waals surface area contributed by atoms with Crippen LogP contribution in [-0.2, 0) is 10.8 Å². The van der Waals surface area contributed by atoms with Gasteiger partial charge in [-0.05, 0) is 24.6 Å². The van der Waals surface area contributed by atoms with Gasteiger partial charge in [-0.1, -0.05) is 48.0 Å². The summed E-state index contributed by atoms with van der Waals surface area (Å²) in [4.78, 5) is 0.760. The molecule has 0 amide bonds. The summed E-state index contributed by atoms with van der Waals surface area (Å²) < 4.78 is 12.1. The van der Waals surface area contributed by atoms with Crippen molar-refractivity contribution in [2.24, 2.45) is 0 Å². The first-order valence-corrected chi connectivity index (χ1v) is 7.17. The third kappa shape index (κ3) is 3.28. The first-order chi connectivity index (χ1) is 8.66. The third-order valence-electron chi connectivity index (χ3n) is 2.78. The van der Waals surface area contributed by atoms with Crippen molar-refractivity contribution in [2.45, 2.75) is 17.9 Å². The summed E-state index contributed by atoms with van der Waals surface area (Å²) in [6.07, 6.45) is -0.687. The second-order valence-corrected chi connectivity index (χ2v) is 5.75. The highest BCUT2D eigenvalue weighted by molar-refractivity contribution is 7.85. The summed E-state index contributed by atoms with van der Waals surface area (Å²) in [5.74, 6) is 0.229. The number of aryl methyl sites for hydroxylation is 1. The molecule has 0 unspecified atom stereocenters. The summed E-state index contributed by atoms with van der Waals surface area (Å²) in [6.45, 7) is 1.99. The van der Waals surface area contributed by atoms with Crippen molar-refractivity contribution in [3.05, 3.63) is 65.7 Å². The van der Waals surface area contributed by atoms with E-state index >= 15 is 0 Å². The molecule has 0 aliphatic rings. The van der Waals surface area contributed by atoms with Crippen LogP contribution in [0.5, 0.6) is 0 Å². The molecule has 94 valence electrons. The topological polar surface area (TPSA) is 37.3 Å². The fourth-order valence-corrected chi connectivity index (χ4v) is 2.81. The minimum atomic E-state index is -1.17. The Balaban J connectivity index is 2.06. The van der Waals surface area contributed by atoms with Crippen LogP contribution in [0.15, 0.2) is 59.5 Å². The average molecular weight is 260 g/mol. The molecule has 0 radical (unpaired) electrons. The molecule has 18 heavy (non-hydrogen) atoms. The van der Waals surface area contributed by atoms with Gasteiger partial charge in [0.2, 0.25) is 0 Å². The lowest BCUT2D eigenvalue weighted by Gasteiger charge is -2.10. The van der Waals surface area contributed by atoms with Crippen LogP contribution in [0, 0.1) is 6.92 Å². The fourth-order valence-electron chi connectivity index (χ4n) is 1.70. The summed E-state index contributed by atoms with van der Waals surface area (Å²) in [7, 11) is -1.17. The molecule has 0 heterocycles. The number of rotatable bonds is 4. The lowest BCUT2D eigenvalue weighted by atomic mass is 10.1. The molecule has 0 bridgehead atoms. The van der Waals surface area contributed by atoms with E-state index in [4.69, 9.17) is 0 Å². The van der Waals surface area contributed by atoms with E-state index in [9.17, 15) is 9.32 Å². The normalized spacial score (nSPS) is 14.1. The molecule has 0 aliphatic carbocycles. The van der Waals surface area contributed by atoms with E-state index < -0.39 is 16.9 Å². The summed E-state index contributed by atoms with van der Waals surface area (Å²) >= 11 is 0. The van der Waals surface area contributed by atoms with Crippen molar-refractivity contribution in [2.75, 3.05) is 5.75 Å². The smallest absolute Gasteiger partial charge is 0.0908 e. The summed E-state index contributed by atoms with van der Waals surface area (Å²) in [5.41, 5.74) is 1.94. The van der Waals surface area contributed by atoms with Gasteiger partial charge in [0.25, 0.3) is 0 Å². The minimum absolute atomic E-state index is 0.229. The van der Waals surface area contributed by atoms with Crippen LogP contribution in [-0.4, -0.2) is 15.1 Å². The molecule has 0 aromatic heterocycles. The largest absolute Gasteiger partial charge is 0.387 e. The Labute approximate surface area is 110 Å². The van der Waals surface area contributed by atoms with Crippen molar-refractivity contribution in [3.63, 3.8) is 0 Å². The predicted molar refractivity (Wildman–Crippen MR) is 73.9 cm³/mol. The van der Waals surface area contributed by atoms with Gasteiger partial charge in [0.15, 0.2) is 0 Å². The van der Waals surface area contributed by atoms with E-state index in [1.165, 1.54) is 0 Å². The van der Waals surface area contributed by atoms with Crippen molar-refractivity contribution in [1.82, 2.24) is 0 Å². The van der Waals surface area contributed by atoms with Crippen LogP contribution in [0.3, 0.4) is 0 Å². The van der Waals surface area contributed by atoms with Gasteiger partial charge in [-0.3, -0.25) is 4.21 Å². The minimum Gasteiger partial charge on any atom is -0.387 e. The van der Waals surface area contributed by atoms with E-state index in [-0.39, 0.29) is 5.75 Å². The number of benzene rings is 2. The molecular weight excluding hydrogens is 244 g/mol. The Hall–Kier alpha value is -1.45. The van der Waals surface area contributed by atoms with E-state index in [0.29, 0.717) is 0 Å². The lowest BCUT2D eigenvalue weighted by Crippen LogP contribution is -2.09. The summed E-state index contributed by atoms with van der Waals surface area (Å²) in [6, 6.07) is 16.9. The standard InChI is InChI=1S/C15H16O2S/c1-12-7-9-14(10-8-12)18(17)11-15(16)13-5-3-2-4-6-13/h2-10,15-16H,11H2,1H3/t15-,18-/m0/s1. The fraction of sp³-hybridized carbons (Fsp3) is 0.200. The molecule has 0 saturated carbocycles. The van der Waals surface area contributed by atoms with Crippen molar-refractivity contribution in [3.8, 4) is 0 Å². The van der Waals surface area contributed by atoms with Gasteiger partial charge < -0.3 is 5.11 Å². The molecule has 2 atom stereocenters. The highest BCUT2D eigenvalue weighted by Crippen LogP contribution is 2.17. The quantitative estimate of drug-likeness (QED) is 0.918. The molecule has 2 nitrogen and oxygen atoms in total. The van der Waals surface area contributed by atoms with Gasteiger partial charge in [-0.2, -0.15) is 0 Å². The van der Waals surface area contributed by atoms with Crippen LogP contribution in [0.2, 0.25) is 0 Å². The number of aliphatic hydroxyl groups excluding tert-OH is 1. The number of aliphatic hydroxyl groups is 1. The zero-order valence-electron chi connectivity index (χ0n) is 10.2. The van der Waals surface area contributed by atoms with Gasteiger partial charge in [0.05, 0.1) is 22.7 Å². The van der Waals surface area contributed by atoms with Gasteiger partial charge >= 0.3 is 0 Å². The van der Waals surface area contributed by atoms with Gasteiger partial charge in [-0.25, -0.2) is 0 Å². The first-order valence-electron chi connectivity index (χ1n) is 5.85. The van der Waals surface area contributed by atoms with Crippen molar-refractivity contribution in [1.29, 1.82) is 0 Å². The van der Waals surface area contributed by atoms with Crippen LogP contribution in [0.1, 0.15) is 17.2 Å². The van der Waals surface area contributed by atoms with Crippen LogP contribution < -0.4 is 0 Å². The second-order valence-electron chi connectivity index (χ2n) is 4.25. The second kappa shape index (κ2) is 5.94. The maximum Gasteiger partial charge on any atom is 0.0908 e. The Bertz CT molecular complexity index is 520. The molecule has 2 aromatic carbocycles. The molecular formula is C15H16O2S. The van der Waals surface area contributed by atoms with E-state index in [1.807, 2.05) is 61.5 Å². The van der Waals surface area contributed by atoms with E-state index in [2.05, 4.69) is 0 Å². The molecule has 3 heteroatoms. The monoisotopic (exact) mass is 260 g/mol. The Morgan fingerprint density at radius 1 is 1.06 bits per heavy atom. The summed E-state index contributed by atoms with van der Waals surface area (Å²) in [5, 5.41) is 10.0. The molecule has 2 rings (SSSR count). The van der Waals surface area contributed by atoms with Crippen LogP contribution in [0.25, 0.3) is 0 Å². The molecule has 0 fully saturated rings. The van der Waals surface area contributed by atoms with Gasteiger partial charge in [0.1, 0.15) is 0 Å². The third-order valence-corrected chi connectivity index (χ3v) is 4.19. The predicted octanol–water partition coefficient (Wildman–Crippen LogP) is 2.84. The van der Waals surface area contributed by atoms with Crippen LogP contribution in [0.4, 0.5) is 0 Å². The first kappa shape index (κ1) is 13.0. The molecule has 1 N–H and O–H groups in total. The SMILES string of the molecule is Cc1ccc([S@@](=O)C[C@H](O)c2ccccc2)cc1. The Morgan fingerprint density at radius 2 is 1.67 bits per heavy atom. The van der Waals surface area contributed by atoms with Crippen molar-refractivity contribution < 1.29 is 9.32 Å². The zero-order valence-corrected chi connectivity index (χ0v) is 11.1.